The molecule has 0 bridgehead atoms. The second kappa shape index (κ2) is 3.78. The van der Waals surface area contributed by atoms with Gasteiger partial charge in [0, 0.05) is 37.2 Å². The van der Waals surface area contributed by atoms with Crippen molar-refractivity contribution in [3.05, 3.63) is 18.5 Å². The summed E-state index contributed by atoms with van der Waals surface area (Å²) in [5.41, 5.74) is 0. The molecule has 15 heavy (non-hydrogen) atoms. The Bertz CT molecular complexity index is 558. The van der Waals surface area contributed by atoms with Crippen molar-refractivity contribution in [3.63, 3.8) is 0 Å². The lowest BCUT2D eigenvalue weighted by Crippen LogP contribution is -2.27. The van der Waals surface area contributed by atoms with Gasteiger partial charge in [0.2, 0.25) is 0 Å². The van der Waals surface area contributed by atoms with Crippen molar-refractivity contribution < 1.29 is 16.8 Å². The lowest BCUT2D eigenvalue weighted by molar-refractivity contribution is 0.511. The standard InChI is InChI=1S/C6H9ClN2O4S2/c1-8(2)15(12,13)9-4-3-6(5-9)14(7,10)11/h3-5H,1-2H3. The van der Waals surface area contributed by atoms with Crippen LogP contribution in [-0.4, -0.2) is 39.2 Å². The minimum Gasteiger partial charge on any atom is -0.239 e. The SMILES string of the molecule is CN(C)S(=O)(=O)n1ccc(S(=O)(=O)Cl)c1. The Morgan fingerprint density at radius 3 is 2.13 bits per heavy atom. The summed E-state index contributed by atoms with van der Waals surface area (Å²) in [6.45, 7) is 0. The maximum Gasteiger partial charge on any atom is 0.306 e. The summed E-state index contributed by atoms with van der Waals surface area (Å²) in [4.78, 5) is -0.255. The Hall–Kier alpha value is -0.570. The van der Waals surface area contributed by atoms with Crippen molar-refractivity contribution in [2.75, 3.05) is 14.1 Å². The molecule has 1 heterocycles. The van der Waals surface area contributed by atoms with Crippen LogP contribution in [0, 0.1) is 0 Å². The molecule has 0 aliphatic rings. The Labute approximate surface area is 92.7 Å². The number of hydrogen-bond donors (Lipinski definition) is 0. The molecule has 0 amide bonds. The molecule has 0 aliphatic carbocycles. The molecule has 1 rings (SSSR count). The first-order chi connectivity index (χ1) is 6.65. The van der Waals surface area contributed by atoms with E-state index in [0.717, 1.165) is 26.7 Å². The summed E-state index contributed by atoms with van der Waals surface area (Å²) < 4.78 is 46.6. The van der Waals surface area contributed by atoms with Gasteiger partial charge >= 0.3 is 10.2 Å². The van der Waals surface area contributed by atoms with Crippen LogP contribution in [-0.2, 0) is 19.3 Å². The van der Waals surface area contributed by atoms with E-state index in [-0.39, 0.29) is 4.90 Å². The van der Waals surface area contributed by atoms with E-state index < -0.39 is 19.3 Å². The molecule has 0 spiro atoms. The average Bonchev–Trinajstić information content (AvgIpc) is 2.50. The summed E-state index contributed by atoms with van der Waals surface area (Å²) in [5.74, 6) is 0. The first kappa shape index (κ1) is 12.5. The maximum absolute atomic E-state index is 11.5. The fraction of sp³-hybridized carbons (Fsp3) is 0.333. The minimum atomic E-state index is -3.90. The van der Waals surface area contributed by atoms with Crippen molar-refractivity contribution in [2.24, 2.45) is 0 Å². The molecule has 1 aromatic heterocycles. The normalized spacial score (nSPS) is 13.3. The molecule has 1 aromatic rings. The minimum absolute atomic E-state index is 0.255. The van der Waals surface area contributed by atoms with Gasteiger partial charge in [0.05, 0.1) is 0 Å². The molecule has 0 radical (unpaired) electrons. The van der Waals surface area contributed by atoms with Gasteiger partial charge in [-0.2, -0.15) is 12.7 Å². The van der Waals surface area contributed by atoms with E-state index >= 15 is 0 Å². The molecule has 0 aromatic carbocycles. The highest BCUT2D eigenvalue weighted by atomic mass is 35.7. The van der Waals surface area contributed by atoms with Crippen LogP contribution in [0.3, 0.4) is 0 Å². The Morgan fingerprint density at radius 1 is 1.27 bits per heavy atom. The predicted molar refractivity (Wildman–Crippen MR) is 55.5 cm³/mol. The predicted octanol–water partition coefficient (Wildman–Crippen LogP) is 0.0701. The smallest absolute Gasteiger partial charge is 0.239 e. The van der Waals surface area contributed by atoms with Crippen LogP contribution >= 0.6 is 10.7 Å². The van der Waals surface area contributed by atoms with Gasteiger partial charge in [-0.05, 0) is 6.07 Å². The number of hydrogen-bond acceptors (Lipinski definition) is 4. The zero-order chi connectivity index (χ0) is 11.9. The molecule has 6 nitrogen and oxygen atoms in total. The van der Waals surface area contributed by atoms with Crippen LogP contribution in [0.5, 0.6) is 0 Å². The van der Waals surface area contributed by atoms with Gasteiger partial charge < -0.3 is 0 Å². The zero-order valence-electron chi connectivity index (χ0n) is 7.95. The largest absolute Gasteiger partial charge is 0.306 e. The number of halogens is 1. The molecule has 0 saturated heterocycles. The summed E-state index contributed by atoms with van der Waals surface area (Å²) in [6.07, 6.45) is 2.06. The lowest BCUT2D eigenvalue weighted by Gasteiger charge is -2.11. The number of rotatable bonds is 3. The average molecular weight is 273 g/mol. The molecule has 0 aliphatic heterocycles. The van der Waals surface area contributed by atoms with Gasteiger partial charge in [0.15, 0.2) is 0 Å². The summed E-state index contributed by atoms with van der Waals surface area (Å²) in [6, 6.07) is 1.11. The third-order valence-electron chi connectivity index (χ3n) is 1.65. The second-order valence-electron chi connectivity index (χ2n) is 2.91. The van der Waals surface area contributed by atoms with Crippen LogP contribution < -0.4 is 0 Å². The van der Waals surface area contributed by atoms with Crippen LogP contribution in [0.25, 0.3) is 0 Å². The first-order valence-corrected chi connectivity index (χ1v) is 7.42. The molecule has 0 fully saturated rings. The van der Waals surface area contributed by atoms with Crippen molar-refractivity contribution in [2.45, 2.75) is 4.90 Å². The van der Waals surface area contributed by atoms with E-state index in [1.165, 1.54) is 14.1 Å². The van der Waals surface area contributed by atoms with Gasteiger partial charge in [-0.25, -0.2) is 12.4 Å². The number of nitrogens with zero attached hydrogens (tertiary/aromatic N) is 2. The van der Waals surface area contributed by atoms with Crippen molar-refractivity contribution in [1.29, 1.82) is 0 Å². The highest BCUT2D eigenvalue weighted by Crippen LogP contribution is 2.16. The Morgan fingerprint density at radius 2 is 1.80 bits per heavy atom. The molecule has 0 unspecified atom stereocenters. The fourth-order valence-electron chi connectivity index (χ4n) is 0.835. The lowest BCUT2D eigenvalue weighted by atomic mass is 10.7. The van der Waals surface area contributed by atoms with Crippen LogP contribution in [0.2, 0.25) is 0 Å². The van der Waals surface area contributed by atoms with E-state index in [1.807, 2.05) is 0 Å². The van der Waals surface area contributed by atoms with Crippen LogP contribution in [0.4, 0.5) is 0 Å². The van der Waals surface area contributed by atoms with E-state index in [0.29, 0.717) is 0 Å². The molecule has 0 saturated carbocycles. The van der Waals surface area contributed by atoms with Gasteiger partial charge in [-0.3, -0.25) is 0 Å². The molecule has 0 N–H and O–H groups in total. The molecule has 86 valence electrons. The molecule has 9 heteroatoms. The summed E-state index contributed by atoms with van der Waals surface area (Å²) in [5, 5.41) is 0. The van der Waals surface area contributed by atoms with Gasteiger partial charge in [0.1, 0.15) is 4.90 Å². The molecule has 0 atom stereocenters. The van der Waals surface area contributed by atoms with E-state index in [9.17, 15) is 16.8 Å². The monoisotopic (exact) mass is 272 g/mol. The third kappa shape index (κ3) is 2.51. The third-order valence-corrected chi connectivity index (χ3v) is 4.67. The first-order valence-electron chi connectivity index (χ1n) is 3.71. The quantitative estimate of drug-likeness (QED) is 0.730. The van der Waals surface area contributed by atoms with Gasteiger partial charge in [-0.1, -0.05) is 0 Å². The fourth-order valence-corrected chi connectivity index (χ4v) is 2.48. The summed E-state index contributed by atoms with van der Waals surface area (Å²) >= 11 is 0. The molecular formula is C6H9ClN2O4S2. The highest BCUT2D eigenvalue weighted by Gasteiger charge is 2.19. The zero-order valence-corrected chi connectivity index (χ0v) is 10.3. The maximum atomic E-state index is 11.5. The Kier molecular flexibility index (Phi) is 3.15. The summed E-state index contributed by atoms with van der Waals surface area (Å²) in [7, 11) is 0.138. The van der Waals surface area contributed by atoms with Crippen LogP contribution in [0.15, 0.2) is 23.4 Å². The van der Waals surface area contributed by atoms with Crippen molar-refractivity contribution >= 4 is 29.9 Å². The van der Waals surface area contributed by atoms with Crippen molar-refractivity contribution in [3.8, 4) is 0 Å². The van der Waals surface area contributed by atoms with Crippen LogP contribution in [0.1, 0.15) is 0 Å². The van der Waals surface area contributed by atoms with E-state index in [2.05, 4.69) is 0 Å². The molecular weight excluding hydrogens is 264 g/mol. The van der Waals surface area contributed by atoms with E-state index in [4.69, 9.17) is 10.7 Å². The Balaban J connectivity index is 3.28. The second-order valence-corrected chi connectivity index (χ2v) is 7.52. The van der Waals surface area contributed by atoms with Gasteiger partial charge in [-0.15, -0.1) is 0 Å². The highest BCUT2D eigenvalue weighted by molar-refractivity contribution is 8.13. The topological polar surface area (TPSA) is 76.5 Å². The van der Waals surface area contributed by atoms with Crippen molar-refractivity contribution in [1.82, 2.24) is 8.28 Å². The van der Waals surface area contributed by atoms with E-state index in [1.54, 1.807) is 0 Å². The number of aromatic nitrogens is 1. The van der Waals surface area contributed by atoms with Gasteiger partial charge in [0.25, 0.3) is 9.05 Å².